The van der Waals surface area contributed by atoms with E-state index < -0.39 is 8.07 Å². The smallest absolute Gasteiger partial charge is 0.0775 e. The van der Waals surface area contributed by atoms with Crippen LogP contribution in [0.2, 0.25) is 19.6 Å². The van der Waals surface area contributed by atoms with Gasteiger partial charge < -0.3 is 9.80 Å². The van der Waals surface area contributed by atoms with Crippen molar-refractivity contribution in [3.05, 3.63) is 188 Å². The molecule has 0 spiro atoms. The molecule has 278 valence electrons. The number of fused-ring (bicyclic) bond motifs is 7. The Kier molecular flexibility index (Phi) is 8.33. The molecule has 0 fully saturated rings. The van der Waals surface area contributed by atoms with Crippen molar-refractivity contribution < 1.29 is 0 Å². The SMILES string of the molecule is C[Si](C)(C)c1ccc(N(c2ccccc2)c2ccc3c(c2)Sc2cccc4c2c-3cc2ccc(N(c3ccccc3)c3ccc5c(c3)sc3ccccc35)cc24)cc1. The van der Waals surface area contributed by atoms with Gasteiger partial charge in [0.1, 0.15) is 0 Å². The topological polar surface area (TPSA) is 6.48 Å². The molecule has 1 aromatic heterocycles. The molecule has 10 aromatic rings. The molecule has 2 nitrogen and oxygen atoms in total. The summed E-state index contributed by atoms with van der Waals surface area (Å²) in [6, 6.07) is 69.7. The van der Waals surface area contributed by atoms with Crippen LogP contribution < -0.4 is 15.0 Å². The zero-order valence-electron chi connectivity index (χ0n) is 32.6. The van der Waals surface area contributed by atoms with Crippen LogP contribution >= 0.6 is 23.1 Å². The van der Waals surface area contributed by atoms with Crippen molar-refractivity contribution in [3.63, 3.8) is 0 Å². The second-order valence-corrected chi connectivity index (χ2v) is 23.5. The normalized spacial score (nSPS) is 12.3. The molecule has 0 radical (unpaired) electrons. The van der Waals surface area contributed by atoms with Crippen molar-refractivity contribution >= 4 is 112 Å². The summed E-state index contributed by atoms with van der Waals surface area (Å²) in [7, 11) is -1.42. The fourth-order valence-electron chi connectivity index (χ4n) is 8.69. The number of benzene rings is 9. The quantitative estimate of drug-likeness (QED) is 0.117. The summed E-state index contributed by atoms with van der Waals surface area (Å²) in [6.07, 6.45) is 0. The number of anilines is 6. The Labute approximate surface area is 348 Å². The van der Waals surface area contributed by atoms with Gasteiger partial charge in [0.15, 0.2) is 0 Å². The molecule has 1 aliphatic heterocycles. The monoisotopic (exact) mass is 796 g/mol. The highest BCUT2D eigenvalue weighted by Gasteiger charge is 2.24. The van der Waals surface area contributed by atoms with Gasteiger partial charge in [-0.1, -0.05) is 134 Å². The third-order valence-electron chi connectivity index (χ3n) is 11.6. The van der Waals surface area contributed by atoms with Gasteiger partial charge in [-0.2, -0.15) is 0 Å². The van der Waals surface area contributed by atoms with E-state index in [4.69, 9.17) is 0 Å². The first-order valence-electron chi connectivity index (χ1n) is 19.9. The number of nitrogens with zero attached hydrogens (tertiary/aromatic N) is 2. The van der Waals surface area contributed by atoms with Gasteiger partial charge in [0.05, 0.1) is 8.07 Å². The molecule has 11 rings (SSSR count). The number of thiophene rings is 1. The lowest BCUT2D eigenvalue weighted by molar-refractivity contribution is 1.26. The molecule has 5 heteroatoms. The van der Waals surface area contributed by atoms with Crippen LogP contribution in [-0.4, -0.2) is 8.07 Å². The van der Waals surface area contributed by atoms with Crippen molar-refractivity contribution in [3.8, 4) is 11.1 Å². The maximum Gasteiger partial charge on any atom is 0.0775 e. The molecule has 9 aromatic carbocycles. The van der Waals surface area contributed by atoms with Crippen LogP contribution in [0.15, 0.2) is 198 Å². The minimum Gasteiger partial charge on any atom is -0.310 e. The molecule has 0 saturated heterocycles. The third kappa shape index (κ3) is 5.92. The second-order valence-electron chi connectivity index (χ2n) is 16.2. The Morgan fingerprint density at radius 2 is 0.966 bits per heavy atom. The molecule has 0 amide bonds. The van der Waals surface area contributed by atoms with E-state index in [2.05, 4.69) is 217 Å². The Balaban J connectivity index is 1.03. The van der Waals surface area contributed by atoms with Crippen molar-refractivity contribution in [2.24, 2.45) is 0 Å². The average Bonchev–Trinajstić information content (AvgIpc) is 3.63. The Bertz CT molecular complexity index is 3190. The van der Waals surface area contributed by atoms with Gasteiger partial charge in [-0.25, -0.2) is 0 Å². The lowest BCUT2D eigenvalue weighted by Gasteiger charge is -2.29. The van der Waals surface area contributed by atoms with E-state index >= 15 is 0 Å². The van der Waals surface area contributed by atoms with Gasteiger partial charge in [0, 0.05) is 69.5 Å². The molecule has 0 saturated carbocycles. The highest BCUT2D eigenvalue weighted by Crippen LogP contribution is 2.52. The maximum absolute atomic E-state index is 2.42. The molecule has 0 unspecified atom stereocenters. The first-order chi connectivity index (χ1) is 28.4. The summed E-state index contributed by atoms with van der Waals surface area (Å²) in [4.78, 5) is 7.37. The highest BCUT2D eigenvalue weighted by atomic mass is 32.2. The number of hydrogen-bond acceptors (Lipinski definition) is 4. The van der Waals surface area contributed by atoms with Crippen molar-refractivity contribution in [1.29, 1.82) is 0 Å². The van der Waals surface area contributed by atoms with Crippen molar-refractivity contribution in [2.75, 3.05) is 9.80 Å². The molecule has 1 aliphatic rings. The van der Waals surface area contributed by atoms with E-state index in [-0.39, 0.29) is 0 Å². The molecular formula is C53H40N2S2Si. The van der Waals surface area contributed by atoms with E-state index in [0.29, 0.717) is 0 Å². The van der Waals surface area contributed by atoms with Crippen LogP contribution in [-0.2, 0) is 0 Å². The van der Waals surface area contributed by atoms with Crippen LogP contribution in [0.1, 0.15) is 0 Å². The van der Waals surface area contributed by atoms with Crippen molar-refractivity contribution in [1.82, 2.24) is 0 Å². The second kappa shape index (κ2) is 13.8. The molecule has 58 heavy (non-hydrogen) atoms. The van der Waals surface area contributed by atoms with Gasteiger partial charge >= 0.3 is 0 Å². The summed E-state index contributed by atoms with van der Waals surface area (Å²) in [5, 5.41) is 9.22. The lowest BCUT2D eigenvalue weighted by atomic mass is 9.92. The zero-order valence-corrected chi connectivity index (χ0v) is 35.2. The van der Waals surface area contributed by atoms with E-state index in [9.17, 15) is 0 Å². The van der Waals surface area contributed by atoms with E-state index in [1.54, 1.807) is 0 Å². The first-order valence-corrected chi connectivity index (χ1v) is 25.0. The van der Waals surface area contributed by atoms with Gasteiger partial charge in [0.2, 0.25) is 0 Å². The number of hydrogen-bond donors (Lipinski definition) is 0. The molecule has 0 atom stereocenters. The van der Waals surface area contributed by atoms with E-state index in [1.165, 1.54) is 73.5 Å². The van der Waals surface area contributed by atoms with Gasteiger partial charge in [-0.05, 0) is 118 Å². The zero-order chi connectivity index (χ0) is 39.0. The summed E-state index contributed by atoms with van der Waals surface area (Å²) >= 11 is 3.75. The molecule has 0 aliphatic carbocycles. The largest absolute Gasteiger partial charge is 0.310 e. The van der Waals surface area contributed by atoms with Gasteiger partial charge in [0.25, 0.3) is 0 Å². The van der Waals surface area contributed by atoms with Crippen molar-refractivity contribution in [2.45, 2.75) is 29.4 Å². The van der Waals surface area contributed by atoms with Crippen LogP contribution in [0.25, 0.3) is 52.8 Å². The molecule has 0 bridgehead atoms. The fourth-order valence-corrected chi connectivity index (χ4v) is 12.2. The third-order valence-corrected chi connectivity index (χ3v) is 15.9. The summed E-state index contributed by atoms with van der Waals surface area (Å²) in [5.74, 6) is 0. The van der Waals surface area contributed by atoms with Crippen LogP contribution in [0.4, 0.5) is 34.1 Å². The standard InChI is InChI=1S/C53H40N2S2Si/c1-58(2,3)42-27-23-38(24-28-42)54(36-13-6-4-7-14-36)40-26-30-45-48-31-35-21-22-39(32-47(35)46-18-12-20-50(53(46)48)57-52(45)33-40)55(37-15-8-5-9-16-37)41-25-29-44-43-17-10-11-19-49(43)56-51(44)34-41/h4-34H,1-3H3. The number of para-hydroxylation sites is 2. The van der Waals surface area contributed by atoms with Gasteiger partial charge in [-0.15, -0.1) is 11.3 Å². The van der Waals surface area contributed by atoms with Crippen LogP contribution in [0.5, 0.6) is 0 Å². The summed E-state index contributed by atoms with van der Waals surface area (Å²) in [5.41, 5.74) is 9.51. The fraction of sp³-hybridized carbons (Fsp3) is 0.0566. The van der Waals surface area contributed by atoms with Crippen LogP contribution in [0, 0.1) is 0 Å². The van der Waals surface area contributed by atoms with E-state index in [1.807, 2.05) is 23.1 Å². The first kappa shape index (κ1) is 35.1. The molecule has 0 N–H and O–H groups in total. The average molecular weight is 797 g/mol. The summed E-state index contributed by atoms with van der Waals surface area (Å²) < 4.78 is 2.62. The summed E-state index contributed by atoms with van der Waals surface area (Å²) in [6.45, 7) is 7.22. The maximum atomic E-state index is 2.42. The molecular weight excluding hydrogens is 757 g/mol. The van der Waals surface area contributed by atoms with E-state index in [0.717, 1.165) is 28.4 Å². The van der Waals surface area contributed by atoms with Crippen LogP contribution in [0.3, 0.4) is 0 Å². The lowest BCUT2D eigenvalue weighted by Crippen LogP contribution is -2.37. The molecule has 2 heterocycles. The Morgan fingerprint density at radius 3 is 1.72 bits per heavy atom. The minimum absolute atomic E-state index is 1.14. The number of rotatable bonds is 7. The predicted molar refractivity (Wildman–Crippen MR) is 256 cm³/mol. The highest BCUT2D eigenvalue weighted by molar-refractivity contribution is 7.99. The Morgan fingerprint density at radius 1 is 0.379 bits per heavy atom. The minimum atomic E-state index is -1.42. The Hall–Kier alpha value is -6.11. The predicted octanol–water partition coefficient (Wildman–Crippen LogP) is 16.0. The van der Waals surface area contributed by atoms with Gasteiger partial charge in [-0.3, -0.25) is 0 Å².